The van der Waals surface area contributed by atoms with Gasteiger partial charge in [-0.25, -0.2) is 0 Å². The number of para-hydroxylation sites is 2. The Hall–Kier alpha value is -7.86. The van der Waals surface area contributed by atoms with Gasteiger partial charge in [-0.05, 0) is 157 Å². The number of hydroxylamine groups is 4. The SMILES string of the molecule is COc1c(CN2O[C@@H](CO)[C@@H]([C@H](C)O)[C@H]2C(=O)N[C@H]2C[C@H]3C[C@@H]([C@@H]2C)C3(C)C)cccc1-c1cc(C(=O)NCCc2ccco2)cc(N(C)C)c1.COc1c(CN2O[C@@H](CO)[C@@H]([C@H](C)O)[C@H]2C(=O)N[C@H]2C[C@H]3C[C@@H]([C@@H]2C)C3(C)C)cccc1-c1cc(C(=O)NC[C@H](C)c2ccccc2)cc(N(C)C)c1. The van der Waals surface area contributed by atoms with Gasteiger partial charge >= 0.3 is 0 Å². The van der Waals surface area contributed by atoms with E-state index in [1.165, 1.54) is 12.8 Å². The molecule has 562 valence electrons. The molecule has 5 aromatic carbocycles. The number of amides is 4. The molecule has 0 unspecified atom stereocenters. The average molecular weight is 1430 g/mol. The first-order valence-electron chi connectivity index (χ1n) is 37.2. The zero-order chi connectivity index (χ0) is 74.8. The highest BCUT2D eigenvalue weighted by molar-refractivity contribution is 5.98. The maximum atomic E-state index is 14.2. The first-order valence-corrected chi connectivity index (χ1v) is 37.2. The Bertz CT molecular complexity index is 3960. The first kappa shape index (κ1) is 77.2. The number of benzene rings is 5. The number of nitrogens with zero attached hydrogens (tertiary/aromatic N) is 4. The van der Waals surface area contributed by atoms with Crippen LogP contribution in [0.25, 0.3) is 22.3 Å². The van der Waals surface area contributed by atoms with Crippen molar-refractivity contribution in [2.45, 2.75) is 162 Å². The fourth-order valence-corrected chi connectivity index (χ4v) is 18.1. The number of carbonyl (C=O) groups excluding carboxylic acids is 4. The molecule has 2 aliphatic heterocycles. The molecule has 21 nitrogen and oxygen atoms in total. The highest BCUT2D eigenvalue weighted by atomic mass is 16.7. The second kappa shape index (κ2) is 32.5. The van der Waals surface area contributed by atoms with E-state index in [9.17, 15) is 39.6 Å². The summed E-state index contributed by atoms with van der Waals surface area (Å²) in [5.41, 5.74) is 9.13. The molecule has 4 amide bonds. The maximum Gasteiger partial charge on any atom is 0.251 e. The number of fused-ring (bicyclic) bond motifs is 4. The zero-order valence-corrected chi connectivity index (χ0v) is 63.4. The van der Waals surface area contributed by atoms with Crippen LogP contribution in [0, 0.1) is 58.2 Å². The molecule has 8 N–H and O–H groups in total. The van der Waals surface area contributed by atoms with Gasteiger partial charge in [0.15, 0.2) is 0 Å². The largest absolute Gasteiger partial charge is 0.496 e. The van der Waals surface area contributed by atoms with Crippen LogP contribution in [0.15, 0.2) is 126 Å². The number of methoxy groups -OCH3 is 2. The van der Waals surface area contributed by atoms with E-state index in [2.05, 4.69) is 81.9 Å². The number of hydrogen-bond acceptors (Lipinski definition) is 17. The minimum Gasteiger partial charge on any atom is -0.496 e. The van der Waals surface area contributed by atoms with Crippen LogP contribution in [0.1, 0.15) is 137 Å². The Morgan fingerprint density at radius 3 is 1.42 bits per heavy atom. The fourth-order valence-electron chi connectivity index (χ4n) is 18.1. The number of furan rings is 1. The van der Waals surface area contributed by atoms with E-state index in [0.717, 1.165) is 68.9 Å². The number of carbonyl (C=O) groups is 4. The van der Waals surface area contributed by atoms with Crippen molar-refractivity contribution in [3.63, 3.8) is 0 Å². The third-order valence-electron chi connectivity index (χ3n) is 24.6. The van der Waals surface area contributed by atoms with E-state index in [0.29, 0.717) is 77.6 Å². The lowest BCUT2D eigenvalue weighted by atomic mass is 9.45. The third kappa shape index (κ3) is 16.0. The fraction of sp³-hybridized carbons (Fsp3) is 0.542. The number of aliphatic hydroxyl groups is 4. The summed E-state index contributed by atoms with van der Waals surface area (Å²) in [6, 6.07) is 35.3. The van der Waals surface area contributed by atoms with Crippen molar-refractivity contribution in [3.8, 4) is 33.8 Å². The van der Waals surface area contributed by atoms with Crippen molar-refractivity contribution < 1.29 is 63.2 Å². The standard InChI is InChI=1S/C43H58N4O6.C40H54N4O7/c1-25(28-13-10-9-11-14-28)22-44-41(50)31-17-30(18-33(19-31)46(6)7)34-16-12-15-29(40(34)52-8)23-47-39(38(27(3)49)37(24-48)53-47)42(51)45-36-21-32-20-35(26(36)2)43(32,4)5;1-23-32-19-28(40(32,3)4)20-33(23)42-39(48)36-35(24(2)46)34(22-45)51-44(36)21-25-10-8-12-31(37(25)49-7)26-16-27(18-29(17-26)43(5)6)38(47)41-14-13-30-11-9-15-50-30/h9-19,25-27,32,35-39,48-49H,20-24H2,1-8H3,(H,44,50)(H,45,51);8-12,15-18,23-24,28,32-36,45-46H,13-14,19-22H2,1-7H3,(H,41,47)(H,42,48)/t25-,26-,27-,32+,35-,36-,37-,38+,39-;23-,24-,28+,32-,33-,34-,35+,36-/m00/s1. The quantitative estimate of drug-likeness (QED) is 0.0251. The smallest absolute Gasteiger partial charge is 0.251 e. The van der Waals surface area contributed by atoms with E-state index in [4.69, 9.17) is 23.6 Å². The molecule has 6 saturated carbocycles. The molecule has 0 spiro atoms. The predicted octanol–water partition coefficient (Wildman–Crippen LogP) is 10.3. The van der Waals surface area contributed by atoms with E-state index >= 15 is 0 Å². The minimum absolute atomic E-state index is 0.0392. The van der Waals surface area contributed by atoms with E-state index in [1.807, 2.05) is 141 Å². The monoisotopic (exact) mass is 1430 g/mol. The maximum absolute atomic E-state index is 14.2. The second-order valence-corrected chi connectivity index (χ2v) is 31.9. The summed E-state index contributed by atoms with van der Waals surface area (Å²) < 4.78 is 17.5. The predicted molar refractivity (Wildman–Crippen MR) is 403 cm³/mol. The first-order chi connectivity index (χ1) is 49.6. The highest BCUT2D eigenvalue weighted by Gasteiger charge is 2.59. The Morgan fingerprint density at radius 2 is 1.04 bits per heavy atom. The van der Waals surface area contributed by atoms with Crippen LogP contribution in [-0.4, -0.2) is 171 Å². The van der Waals surface area contributed by atoms with E-state index in [-0.39, 0.29) is 78.8 Å². The molecule has 21 heteroatoms. The van der Waals surface area contributed by atoms with Crippen molar-refractivity contribution >= 4 is 35.0 Å². The lowest BCUT2D eigenvalue weighted by Crippen LogP contribution is -2.62. The van der Waals surface area contributed by atoms with Gasteiger partial charge in [-0.2, -0.15) is 10.1 Å². The molecule has 8 aliphatic rings. The average Bonchev–Trinajstić information content (AvgIpc) is 0.848. The van der Waals surface area contributed by atoms with Gasteiger partial charge in [-0.15, -0.1) is 0 Å². The van der Waals surface area contributed by atoms with Gasteiger partial charge in [-0.3, -0.25) is 28.9 Å². The molecule has 6 aliphatic carbocycles. The second-order valence-electron chi connectivity index (χ2n) is 31.9. The summed E-state index contributed by atoms with van der Waals surface area (Å²) in [6.45, 7) is 19.8. The summed E-state index contributed by atoms with van der Waals surface area (Å²) in [5, 5.41) is 58.5. The van der Waals surface area contributed by atoms with E-state index < -0.39 is 48.3 Å². The molecule has 104 heavy (non-hydrogen) atoms. The zero-order valence-electron chi connectivity index (χ0n) is 63.4. The van der Waals surface area contributed by atoms with Crippen molar-refractivity contribution in [2.24, 2.45) is 58.2 Å². The Labute approximate surface area is 614 Å². The van der Waals surface area contributed by atoms with Crippen molar-refractivity contribution in [1.29, 1.82) is 0 Å². The van der Waals surface area contributed by atoms with E-state index in [1.54, 1.807) is 44.5 Å². The lowest BCUT2D eigenvalue weighted by molar-refractivity contribution is -0.183. The molecule has 2 saturated heterocycles. The number of hydrogen-bond donors (Lipinski definition) is 8. The summed E-state index contributed by atoms with van der Waals surface area (Å²) >= 11 is 0. The Balaban J connectivity index is 0.000000208. The topological polar surface area (TPSA) is 260 Å². The van der Waals surface area contributed by atoms with Gasteiger partial charge in [-0.1, -0.05) is 115 Å². The molecule has 14 rings (SSSR count). The lowest BCUT2D eigenvalue weighted by Gasteiger charge is -2.62. The summed E-state index contributed by atoms with van der Waals surface area (Å²) in [4.78, 5) is 71.8. The third-order valence-corrected chi connectivity index (χ3v) is 24.6. The van der Waals surface area contributed by atoms with Crippen LogP contribution in [0.4, 0.5) is 11.4 Å². The van der Waals surface area contributed by atoms with Gasteiger partial charge in [0.1, 0.15) is 41.6 Å². The van der Waals surface area contributed by atoms with Crippen LogP contribution in [0.5, 0.6) is 11.5 Å². The van der Waals surface area contributed by atoms with Gasteiger partial charge in [0.05, 0.1) is 59.0 Å². The van der Waals surface area contributed by atoms with Crippen molar-refractivity contribution in [1.82, 2.24) is 31.4 Å². The normalized spacial score (nSPS) is 27.3. The number of rotatable bonds is 26. The van der Waals surface area contributed by atoms with Gasteiger partial charge in [0.25, 0.3) is 11.8 Å². The Morgan fingerprint density at radius 1 is 0.587 bits per heavy atom. The van der Waals surface area contributed by atoms with Crippen LogP contribution in [0.3, 0.4) is 0 Å². The minimum atomic E-state index is -0.898. The van der Waals surface area contributed by atoms with Crippen LogP contribution in [-0.2, 0) is 38.8 Å². The molecule has 6 aromatic rings. The van der Waals surface area contributed by atoms with Gasteiger partial charge in [0.2, 0.25) is 11.8 Å². The summed E-state index contributed by atoms with van der Waals surface area (Å²) in [6.07, 6.45) is 3.17. The summed E-state index contributed by atoms with van der Waals surface area (Å²) in [7, 11) is 10.9. The van der Waals surface area contributed by atoms with Crippen LogP contribution < -0.4 is 40.5 Å². The number of ether oxygens (including phenoxy) is 2. The highest BCUT2D eigenvalue weighted by Crippen LogP contribution is 2.62. The van der Waals surface area contributed by atoms with Crippen molar-refractivity contribution in [3.05, 3.63) is 155 Å². The van der Waals surface area contributed by atoms with Crippen LogP contribution in [0.2, 0.25) is 0 Å². The molecular formula is C83H112N8O13. The Kier molecular flexibility index (Phi) is 24.1. The van der Waals surface area contributed by atoms with Crippen molar-refractivity contribution in [2.75, 3.05) is 78.5 Å². The molecule has 3 heterocycles. The molecule has 0 radical (unpaired) electrons. The molecule has 8 fully saturated rings. The number of anilines is 2. The van der Waals surface area contributed by atoms with Gasteiger partial charge < -0.3 is 65.4 Å². The molecule has 17 atom stereocenters. The summed E-state index contributed by atoms with van der Waals surface area (Å²) in [5.74, 6) is 2.99. The van der Waals surface area contributed by atoms with Gasteiger partial charge in [0, 0.05) is 116 Å². The molecule has 1 aromatic heterocycles. The molecular weight excluding hydrogens is 1320 g/mol. The number of aliphatic hydroxyl groups excluding tert-OH is 4. The molecule has 4 bridgehead atoms. The number of nitrogens with one attached hydrogen (secondary N) is 4. The van der Waals surface area contributed by atoms with Crippen LogP contribution >= 0.6 is 0 Å².